The van der Waals surface area contributed by atoms with Crippen LogP contribution in [0.25, 0.3) is 5.69 Å². The summed E-state index contributed by atoms with van der Waals surface area (Å²) in [4.78, 5) is 17.7. The van der Waals surface area contributed by atoms with Gasteiger partial charge in [-0.1, -0.05) is 0 Å². The molecule has 1 N–H and O–H groups in total. The van der Waals surface area contributed by atoms with Crippen LogP contribution in [-0.2, 0) is 20.8 Å². The Bertz CT molecular complexity index is 915. The fourth-order valence-electron chi connectivity index (χ4n) is 2.65. The molecule has 1 amide bonds. The normalized spacial score (nSPS) is 17.6. The van der Waals surface area contributed by atoms with Crippen molar-refractivity contribution in [2.24, 2.45) is 0 Å². The van der Waals surface area contributed by atoms with Gasteiger partial charge in [-0.05, 0) is 18.2 Å². The van der Waals surface area contributed by atoms with E-state index in [1.807, 2.05) is 0 Å². The fraction of sp³-hybridized carbons (Fsp3) is 0.400. The maximum absolute atomic E-state index is 13.0. The molecule has 1 aromatic carbocycles. The molecule has 12 heteroatoms. The molecule has 1 saturated heterocycles. The van der Waals surface area contributed by atoms with E-state index in [0.29, 0.717) is 0 Å². The van der Waals surface area contributed by atoms with Crippen LogP contribution in [0.4, 0.5) is 18.9 Å². The third-order valence-electron chi connectivity index (χ3n) is 4.07. The van der Waals surface area contributed by atoms with Gasteiger partial charge in [-0.15, -0.1) is 0 Å². The lowest BCUT2D eigenvalue weighted by atomic mass is 10.1. The first kappa shape index (κ1) is 19.3. The molecule has 27 heavy (non-hydrogen) atoms. The number of aromatic nitrogens is 3. The van der Waals surface area contributed by atoms with E-state index in [-0.39, 0.29) is 42.5 Å². The Labute approximate surface area is 152 Å². The summed E-state index contributed by atoms with van der Waals surface area (Å²) < 4.78 is 63.1. The Balaban J connectivity index is 1.78. The SMILES string of the molecule is O=C(CN1CCS(=O)(=O)CC1)Nc1cc(C(F)(F)F)ccc1-n1cncn1. The van der Waals surface area contributed by atoms with Gasteiger partial charge in [0.2, 0.25) is 5.91 Å². The van der Waals surface area contributed by atoms with Crippen molar-refractivity contribution in [3.63, 3.8) is 0 Å². The molecule has 2 heterocycles. The van der Waals surface area contributed by atoms with Crippen molar-refractivity contribution < 1.29 is 26.4 Å². The number of carbonyl (C=O) groups is 1. The highest BCUT2D eigenvalue weighted by molar-refractivity contribution is 7.91. The minimum Gasteiger partial charge on any atom is -0.323 e. The van der Waals surface area contributed by atoms with Crippen LogP contribution in [0.1, 0.15) is 5.56 Å². The maximum Gasteiger partial charge on any atom is 0.416 e. The van der Waals surface area contributed by atoms with Crippen LogP contribution in [0.5, 0.6) is 0 Å². The molecule has 1 aromatic heterocycles. The molecule has 0 unspecified atom stereocenters. The second-order valence-corrected chi connectivity index (χ2v) is 8.35. The van der Waals surface area contributed by atoms with E-state index < -0.39 is 27.5 Å². The van der Waals surface area contributed by atoms with Crippen LogP contribution < -0.4 is 5.32 Å². The number of amides is 1. The molecule has 0 atom stereocenters. The number of benzene rings is 1. The highest BCUT2D eigenvalue weighted by Gasteiger charge is 2.31. The molecule has 8 nitrogen and oxygen atoms in total. The summed E-state index contributed by atoms with van der Waals surface area (Å²) in [5.41, 5.74) is -0.745. The van der Waals surface area contributed by atoms with Crippen molar-refractivity contribution in [1.29, 1.82) is 0 Å². The first-order valence-corrected chi connectivity index (χ1v) is 9.75. The van der Waals surface area contributed by atoms with Gasteiger partial charge in [0.25, 0.3) is 0 Å². The van der Waals surface area contributed by atoms with Crippen molar-refractivity contribution in [3.8, 4) is 5.69 Å². The monoisotopic (exact) mass is 403 g/mol. The molecular weight excluding hydrogens is 387 g/mol. The molecule has 0 aliphatic carbocycles. The number of halogens is 3. The van der Waals surface area contributed by atoms with E-state index in [1.165, 1.54) is 23.4 Å². The molecule has 1 fully saturated rings. The Morgan fingerprint density at radius 3 is 2.52 bits per heavy atom. The van der Waals surface area contributed by atoms with Gasteiger partial charge in [0.15, 0.2) is 9.84 Å². The zero-order chi connectivity index (χ0) is 19.7. The largest absolute Gasteiger partial charge is 0.416 e. The molecule has 0 spiro atoms. The summed E-state index contributed by atoms with van der Waals surface area (Å²) >= 11 is 0. The van der Waals surface area contributed by atoms with Crippen LogP contribution in [0.15, 0.2) is 30.9 Å². The van der Waals surface area contributed by atoms with Crippen molar-refractivity contribution in [1.82, 2.24) is 19.7 Å². The van der Waals surface area contributed by atoms with Crippen LogP contribution in [0.2, 0.25) is 0 Å². The van der Waals surface area contributed by atoms with Crippen molar-refractivity contribution in [3.05, 3.63) is 36.4 Å². The standard InChI is InChI=1S/C15H16F3N5O3S/c16-15(17,18)11-1-2-13(23-10-19-9-20-23)12(7-11)21-14(24)8-22-3-5-27(25,26)6-4-22/h1-2,7,9-10H,3-6,8H2,(H,21,24). The number of nitrogens with one attached hydrogen (secondary N) is 1. The number of anilines is 1. The minimum absolute atomic E-state index is 0.0476. The molecule has 146 valence electrons. The molecule has 0 saturated carbocycles. The van der Waals surface area contributed by atoms with E-state index in [2.05, 4.69) is 15.4 Å². The highest BCUT2D eigenvalue weighted by Crippen LogP contribution is 2.33. The average Bonchev–Trinajstić information content (AvgIpc) is 3.10. The molecule has 1 aliphatic rings. The Hall–Kier alpha value is -2.47. The zero-order valence-corrected chi connectivity index (χ0v) is 14.8. The first-order chi connectivity index (χ1) is 12.6. The summed E-state index contributed by atoms with van der Waals surface area (Å²) in [6.45, 7) is 0.283. The third kappa shape index (κ3) is 4.83. The van der Waals surface area contributed by atoms with Gasteiger partial charge >= 0.3 is 6.18 Å². The number of nitrogens with zero attached hydrogens (tertiary/aromatic N) is 4. The van der Waals surface area contributed by atoms with E-state index >= 15 is 0 Å². The summed E-state index contributed by atoms with van der Waals surface area (Å²) in [6, 6.07) is 2.92. The van der Waals surface area contributed by atoms with E-state index in [1.54, 1.807) is 4.90 Å². The predicted molar refractivity (Wildman–Crippen MR) is 90.1 cm³/mol. The summed E-state index contributed by atoms with van der Waals surface area (Å²) in [5, 5.41) is 6.33. The number of hydrogen-bond donors (Lipinski definition) is 1. The van der Waals surface area contributed by atoms with Gasteiger partial charge in [-0.2, -0.15) is 18.3 Å². The topological polar surface area (TPSA) is 97.2 Å². The van der Waals surface area contributed by atoms with Crippen LogP contribution in [0.3, 0.4) is 0 Å². The van der Waals surface area contributed by atoms with Gasteiger partial charge in [-0.25, -0.2) is 18.1 Å². The highest BCUT2D eigenvalue weighted by atomic mass is 32.2. The van der Waals surface area contributed by atoms with Gasteiger partial charge < -0.3 is 5.32 Å². The Morgan fingerprint density at radius 2 is 1.93 bits per heavy atom. The number of alkyl halides is 3. The fourth-order valence-corrected chi connectivity index (χ4v) is 3.92. The predicted octanol–water partition coefficient (Wildman–Crippen LogP) is 0.955. The second-order valence-electron chi connectivity index (χ2n) is 6.05. The maximum atomic E-state index is 13.0. The van der Waals surface area contributed by atoms with Gasteiger partial charge in [0.1, 0.15) is 12.7 Å². The number of sulfone groups is 1. The molecule has 2 aromatic rings. The smallest absolute Gasteiger partial charge is 0.323 e. The number of hydrogen-bond acceptors (Lipinski definition) is 6. The number of carbonyl (C=O) groups excluding carboxylic acids is 1. The quantitative estimate of drug-likeness (QED) is 0.817. The van der Waals surface area contributed by atoms with E-state index in [0.717, 1.165) is 12.1 Å². The summed E-state index contributed by atoms with van der Waals surface area (Å²) in [6.07, 6.45) is -2.05. The van der Waals surface area contributed by atoms with Crippen LogP contribution in [0, 0.1) is 0 Å². The first-order valence-electron chi connectivity index (χ1n) is 7.93. The lowest BCUT2D eigenvalue weighted by molar-refractivity contribution is -0.137. The number of rotatable bonds is 4. The second kappa shape index (κ2) is 7.27. The van der Waals surface area contributed by atoms with Gasteiger partial charge in [-0.3, -0.25) is 9.69 Å². The Morgan fingerprint density at radius 1 is 1.22 bits per heavy atom. The van der Waals surface area contributed by atoms with Gasteiger partial charge in [0.05, 0.1) is 35.0 Å². The van der Waals surface area contributed by atoms with E-state index in [9.17, 15) is 26.4 Å². The van der Waals surface area contributed by atoms with Crippen LogP contribution in [-0.4, -0.2) is 65.1 Å². The van der Waals surface area contributed by atoms with Gasteiger partial charge in [0, 0.05) is 13.1 Å². The molecule has 3 rings (SSSR count). The zero-order valence-electron chi connectivity index (χ0n) is 14.0. The molecular formula is C15H16F3N5O3S. The van der Waals surface area contributed by atoms with Crippen molar-refractivity contribution in [2.45, 2.75) is 6.18 Å². The molecule has 0 radical (unpaired) electrons. The molecule has 1 aliphatic heterocycles. The van der Waals surface area contributed by atoms with Crippen molar-refractivity contribution in [2.75, 3.05) is 36.5 Å². The Kier molecular flexibility index (Phi) is 5.20. The minimum atomic E-state index is -4.57. The van der Waals surface area contributed by atoms with E-state index in [4.69, 9.17) is 0 Å². The van der Waals surface area contributed by atoms with Crippen LogP contribution >= 0.6 is 0 Å². The van der Waals surface area contributed by atoms with Crippen molar-refractivity contribution >= 4 is 21.4 Å². The average molecular weight is 403 g/mol. The summed E-state index contributed by atoms with van der Waals surface area (Å²) in [5.74, 6) is -0.641. The lowest BCUT2D eigenvalue weighted by Crippen LogP contribution is -2.44. The third-order valence-corrected chi connectivity index (χ3v) is 5.68. The molecule has 0 bridgehead atoms. The lowest BCUT2D eigenvalue weighted by Gasteiger charge is -2.26. The summed E-state index contributed by atoms with van der Waals surface area (Å²) in [7, 11) is -3.09.